The van der Waals surface area contributed by atoms with E-state index in [1.54, 1.807) is 6.08 Å². The maximum absolute atomic E-state index is 9.97. The monoisotopic (exact) mass is 112 g/mol. The van der Waals surface area contributed by atoms with Crippen molar-refractivity contribution in [1.82, 2.24) is 4.90 Å². The molecule has 0 aromatic heterocycles. The summed E-state index contributed by atoms with van der Waals surface area (Å²) in [5.74, 6) is 0. The van der Waals surface area contributed by atoms with E-state index in [1.807, 2.05) is 0 Å². The van der Waals surface area contributed by atoms with Gasteiger partial charge in [0, 0.05) is 12.7 Å². The Labute approximate surface area is 47.2 Å². The summed E-state index contributed by atoms with van der Waals surface area (Å²) in [6.07, 6.45) is 3.03. The predicted octanol–water partition coefficient (Wildman–Crippen LogP) is -0.451. The zero-order valence-corrected chi connectivity index (χ0v) is 4.33. The van der Waals surface area contributed by atoms with Crippen LogP contribution in [0, 0.1) is 0 Å². The molecule has 1 aliphatic heterocycles. The Morgan fingerprint density at radius 1 is 1.75 bits per heavy atom. The topological polar surface area (TPSA) is 43.4 Å². The number of carbonyl (C=O) groups is 1. The zero-order chi connectivity index (χ0) is 5.98. The van der Waals surface area contributed by atoms with Crippen molar-refractivity contribution >= 4 is 6.09 Å². The lowest BCUT2D eigenvalue weighted by Gasteiger charge is -2.14. The van der Waals surface area contributed by atoms with Gasteiger partial charge in [0.05, 0.1) is 0 Å². The average Bonchev–Trinajstić information content (AvgIpc) is 2.12. The number of hydrogen-bond acceptors (Lipinski definition) is 2. The molecule has 3 heteroatoms. The van der Waals surface area contributed by atoms with Crippen molar-refractivity contribution in [2.75, 3.05) is 6.54 Å². The van der Waals surface area contributed by atoms with Crippen LogP contribution in [0.2, 0.25) is 0 Å². The number of rotatable bonds is 0. The molecule has 1 aliphatic rings. The molecule has 0 aromatic rings. The van der Waals surface area contributed by atoms with E-state index in [-0.39, 0.29) is 0 Å². The summed E-state index contributed by atoms with van der Waals surface area (Å²) in [7, 11) is 0. The largest absolute Gasteiger partial charge is 0.530 e. The van der Waals surface area contributed by atoms with E-state index in [0.717, 1.165) is 11.3 Å². The van der Waals surface area contributed by atoms with Crippen LogP contribution in [0.4, 0.5) is 4.79 Å². The molecule has 0 bridgehead atoms. The molecule has 0 atom stereocenters. The van der Waals surface area contributed by atoms with Crippen molar-refractivity contribution in [2.45, 2.75) is 6.42 Å². The van der Waals surface area contributed by atoms with Gasteiger partial charge in [-0.2, -0.15) is 0 Å². The summed E-state index contributed by atoms with van der Waals surface area (Å²) in [5.41, 5.74) is 0. The number of carboxylic acid groups (broad SMARTS) is 1. The van der Waals surface area contributed by atoms with Crippen LogP contribution in [0.15, 0.2) is 12.3 Å². The van der Waals surface area contributed by atoms with Crippen LogP contribution in [0.5, 0.6) is 0 Å². The molecular formula is C5H6NO2-. The van der Waals surface area contributed by atoms with Gasteiger partial charge in [0.15, 0.2) is 0 Å². The second-order valence-electron chi connectivity index (χ2n) is 1.63. The van der Waals surface area contributed by atoms with E-state index in [9.17, 15) is 9.90 Å². The summed E-state index contributed by atoms with van der Waals surface area (Å²) in [6, 6.07) is 0. The standard InChI is InChI=1S/C5H7NO2/c7-5(8)6-3-1-2-4-6/h1,3H,2,4H2,(H,7,8)/p-1. The van der Waals surface area contributed by atoms with Gasteiger partial charge in [-0.1, -0.05) is 6.08 Å². The normalized spacial score (nSPS) is 17.2. The minimum atomic E-state index is -1.11. The van der Waals surface area contributed by atoms with Gasteiger partial charge in [0.2, 0.25) is 0 Å². The van der Waals surface area contributed by atoms with E-state index in [1.165, 1.54) is 6.20 Å². The molecule has 1 amide bonds. The smallest absolute Gasteiger partial charge is 0.141 e. The Balaban J connectivity index is 2.48. The first-order valence-corrected chi connectivity index (χ1v) is 2.45. The van der Waals surface area contributed by atoms with E-state index in [4.69, 9.17) is 0 Å². The number of hydrogen-bond donors (Lipinski definition) is 0. The van der Waals surface area contributed by atoms with Crippen LogP contribution >= 0.6 is 0 Å². The quantitative estimate of drug-likeness (QED) is 0.426. The van der Waals surface area contributed by atoms with Gasteiger partial charge in [-0.25, -0.2) is 0 Å². The van der Waals surface area contributed by atoms with Gasteiger partial charge in [-0.15, -0.1) is 0 Å². The second kappa shape index (κ2) is 1.86. The summed E-state index contributed by atoms with van der Waals surface area (Å²) >= 11 is 0. The van der Waals surface area contributed by atoms with Crippen LogP contribution < -0.4 is 5.11 Å². The Morgan fingerprint density at radius 3 is 2.75 bits per heavy atom. The lowest BCUT2D eigenvalue weighted by molar-refractivity contribution is -0.261. The van der Waals surface area contributed by atoms with E-state index >= 15 is 0 Å². The Kier molecular flexibility index (Phi) is 1.20. The van der Waals surface area contributed by atoms with Crippen LogP contribution in [0.3, 0.4) is 0 Å². The fourth-order valence-electron chi connectivity index (χ4n) is 0.642. The number of nitrogens with zero attached hydrogens (tertiary/aromatic N) is 1. The van der Waals surface area contributed by atoms with Crippen LogP contribution in [-0.4, -0.2) is 17.5 Å². The Bertz CT molecular complexity index is 130. The van der Waals surface area contributed by atoms with Crippen LogP contribution in [0.1, 0.15) is 6.42 Å². The van der Waals surface area contributed by atoms with Gasteiger partial charge < -0.3 is 14.8 Å². The SMILES string of the molecule is O=C([O-])N1C=CCC1. The molecule has 0 saturated heterocycles. The average molecular weight is 112 g/mol. The van der Waals surface area contributed by atoms with Crippen molar-refractivity contribution in [3.05, 3.63) is 12.3 Å². The highest BCUT2D eigenvalue weighted by molar-refractivity contribution is 5.64. The minimum absolute atomic E-state index is 0.558. The Morgan fingerprint density at radius 2 is 2.50 bits per heavy atom. The minimum Gasteiger partial charge on any atom is -0.530 e. The molecule has 0 saturated carbocycles. The third kappa shape index (κ3) is 0.804. The maximum Gasteiger partial charge on any atom is 0.141 e. The van der Waals surface area contributed by atoms with Gasteiger partial charge >= 0.3 is 0 Å². The van der Waals surface area contributed by atoms with Crippen molar-refractivity contribution in [3.63, 3.8) is 0 Å². The molecule has 0 N–H and O–H groups in total. The molecule has 0 fully saturated rings. The van der Waals surface area contributed by atoms with Crippen molar-refractivity contribution < 1.29 is 9.90 Å². The number of amides is 1. The van der Waals surface area contributed by atoms with Gasteiger partial charge in [0.1, 0.15) is 6.09 Å². The second-order valence-corrected chi connectivity index (χ2v) is 1.63. The summed E-state index contributed by atoms with van der Waals surface area (Å²) in [4.78, 5) is 11.1. The molecular weight excluding hydrogens is 106 g/mol. The third-order valence-corrected chi connectivity index (χ3v) is 1.06. The summed E-state index contributed by atoms with van der Waals surface area (Å²) in [5, 5.41) is 9.97. The first kappa shape index (κ1) is 5.15. The lowest BCUT2D eigenvalue weighted by atomic mass is 10.5. The van der Waals surface area contributed by atoms with E-state index < -0.39 is 6.09 Å². The van der Waals surface area contributed by atoms with Gasteiger partial charge in [-0.05, 0) is 6.42 Å². The van der Waals surface area contributed by atoms with Gasteiger partial charge in [0.25, 0.3) is 0 Å². The van der Waals surface area contributed by atoms with E-state index in [2.05, 4.69) is 0 Å². The van der Waals surface area contributed by atoms with Gasteiger partial charge in [-0.3, -0.25) is 0 Å². The van der Waals surface area contributed by atoms with E-state index in [0.29, 0.717) is 6.54 Å². The molecule has 0 aliphatic carbocycles. The Hall–Kier alpha value is -0.990. The van der Waals surface area contributed by atoms with Crippen molar-refractivity contribution in [2.24, 2.45) is 0 Å². The summed E-state index contributed by atoms with van der Waals surface area (Å²) in [6.45, 7) is 0.558. The number of carbonyl (C=O) groups excluding carboxylic acids is 1. The van der Waals surface area contributed by atoms with Crippen LogP contribution in [0.25, 0.3) is 0 Å². The highest BCUT2D eigenvalue weighted by Crippen LogP contribution is 2.01. The molecule has 0 aromatic carbocycles. The lowest BCUT2D eigenvalue weighted by Crippen LogP contribution is -2.36. The molecule has 0 unspecified atom stereocenters. The van der Waals surface area contributed by atoms with Crippen LogP contribution in [-0.2, 0) is 0 Å². The maximum atomic E-state index is 9.97. The molecule has 0 spiro atoms. The highest BCUT2D eigenvalue weighted by Gasteiger charge is 2.02. The fourth-order valence-corrected chi connectivity index (χ4v) is 0.642. The van der Waals surface area contributed by atoms with Crippen molar-refractivity contribution in [1.29, 1.82) is 0 Å². The first-order valence-electron chi connectivity index (χ1n) is 2.45. The summed E-state index contributed by atoms with van der Waals surface area (Å²) < 4.78 is 0. The third-order valence-electron chi connectivity index (χ3n) is 1.06. The molecule has 1 rings (SSSR count). The predicted molar refractivity (Wildman–Crippen MR) is 25.9 cm³/mol. The fraction of sp³-hybridized carbons (Fsp3) is 0.400. The van der Waals surface area contributed by atoms with Crippen molar-refractivity contribution in [3.8, 4) is 0 Å². The molecule has 8 heavy (non-hydrogen) atoms. The molecule has 3 nitrogen and oxygen atoms in total. The molecule has 1 heterocycles. The zero-order valence-electron chi connectivity index (χ0n) is 4.33. The molecule has 44 valence electrons. The first-order chi connectivity index (χ1) is 3.80. The molecule has 0 radical (unpaired) electrons. The highest BCUT2D eigenvalue weighted by atomic mass is 16.4.